The zero-order chi connectivity index (χ0) is 17.9. The van der Waals surface area contributed by atoms with Crippen LogP contribution in [0.4, 0.5) is 16.4 Å². The number of thiophene rings is 2. The van der Waals surface area contributed by atoms with E-state index in [4.69, 9.17) is 0 Å². The number of carbonyl (C=O) groups is 1. The molecule has 0 aliphatic heterocycles. The van der Waals surface area contributed by atoms with E-state index in [1.807, 2.05) is 24.3 Å². The lowest BCUT2D eigenvalue weighted by molar-refractivity contribution is 0.102. The number of hydrogen-bond acceptors (Lipinski definition) is 4. The topological polar surface area (TPSA) is 20.3 Å². The summed E-state index contributed by atoms with van der Waals surface area (Å²) >= 11 is 3.29. The number of Topliss-reactive ketones (excluding diaryl/α,β-unsaturated/α-hetero) is 1. The van der Waals surface area contributed by atoms with E-state index in [1.54, 1.807) is 29.6 Å². The maximum Gasteiger partial charge on any atom is 0.169 e. The highest BCUT2D eigenvalue weighted by Crippen LogP contribution is 2.42. The number of hydrogen-bond donors (Lipinski definition) is 0. The van der Waals surface area contributed by atoms with E-state index in [2.05, 4.69) is 65.6 Å². The van der Waals surface area contributed by atoms with Crippen LogP contribution in [0.3, 0.4) is 0 Å². The highest BCUT2D eigenvalue weighted by atomic mass is 32.1. The zero-order valence-corrected chi connectivity index (χ0v) is 15.9. The Morgan fingerprint density at radius 3 is 1.77 bits per heavy atom. The van der Waals surface area contributed by atoms with Crippen molar-refractivity contribution in [3.63, 3.8) is 0 Å². The van der Waals surface area contributed by atoms with Gasteiger partial charge in [-0.2, -0.15) is 0 Å². The quantitative estimate of drug-likeness (QED) is 0.345. The fraction of sp³-hybridized carbons (Fsp3) is 0.0455. The van der Waals surface area contributed by atoms with Gasteiger partial charge in [0.2, 0.25) is 0 Å². The number of anilines is 3. The van der Waals surface area contributed by atoms with E-state index in [1.165, 1.54) is 4.88 Å². The van der Waals surface area contributed by atoms with Crippen molar-refractivity contribution in [3.05, 3.63) is 89.8 Å². The number of rotatable bonds is 5. The molecule has 2 aromatic carbocycles. The van der Waals surface area contributed by atoms with E-state index in [9.17, 15) is 4.79 Å². The molecule has 0 N–H and O–H groups in total. The van der Waals surface area contributed by atoms with Crippen LogP contribution in [0.25, 0.3) is 9.75 Å². The molecule has 2 heterocycles. The van der Waals surface area contributed by atoms with Crippen molar-refractivity contribution in [2.24, 2.45) is 0 Å². The number of nitrogens with zero attached hydrogens (tertiary/aromatic N) is 1. The van der Waals surface area contributed by atoms with Gasteiger partial charge >= 0.3 is 0 Å². The number of ketones is 1. The van der Waals surface area contributed by atoms with Crippen LogP contribution in [0.1, 0.15) is 16.6 Å². The van der Waals surface area contributed by atoms with Gasteiger partial charge in [0.15, 0.2) is 5.78 Å². The van der Waals surface area contributed by atoms with Gasteiger partial charge in [-0.15, -0.1) is 22.7 Å². The second-order valence-electron chi connectivity index (χ2n) is 5.86. The Bertz CT molecular complexity index is 979. The molecule has 128 valence electrons. The van der Waals surface area contributed by atoms with Crippen LogP contribution in [0.5, 0.6) is 0 Å². The number of para-hydroxylation sites is 2. The summed E-state index contributed by atoms with van der Waals surface area (Å²) in [6, 6.07) is 29.0. The second kappa shape index (κ2) is 7.28. The molecule has 26 heavy (non-hydrogen) atoms. The van der Waals surface area contributed by atoms with Gasteiger partial charge in [0, 0.05) is 21.1 Å². The van der Waals surface area contributed by atoms with Gasteiger partial charge < -0.3 is 4.90 Å². The average Bonchev–Trinajstić information content (AvgIpc) is 3.33. The minimum absolute atomic E-state index is 0.119. The summed E-state index contributed by atoms with van der Waals surface area (Å²) in [6.07, 6.45) is 0. The van der Waals surface area contributed by atoms with Crippen LogP contribution < -0.4 is 4.90 Å². The molecule has 0 spiro atoms. The first-order chi connectivity index (χ1) is 12.7. The first-order valence-corrected chi connectivity index (χ1v) is 9.97. The summed E-state index contributed by atoms with van der Waals surface area (Å²) in [5, 5.41) is 1.15. The Morgan fingerprint density at radius 2 is 1.23 bits per heavy atom. The number of benzene rings is 2. The van der Waals surface area contributed by atoms with Crippen molar-refractivity contribution < 1.29 is 4.79 Å². The first kappa shape index (κ1) is 16.8. The summed E-state index contributed by atoms with van der Waals surface area (Å²) < 4.78 is 0. The highest BCUT2D eigenvalue weighted by molar-refractivity contribution is 7.25. The van der Waals surface area contributed by atoms with E-state index in [-0.39, 0.29) is 5.78 Å². The van der Waals surface area contributed by atoms with Gasteiger partial charge in [0.1, 0.15) is 5.00 Å². The van der Waals surface area contributed by atoms with Crippen LogP contribution >= 0.6 is 22.7 Å². The Kier molecular flexibility index (Phi) is 4.69. The minimum atomic E-state index is 0.119. The fourth-order valence-electron chi connectivity index (χ4n) is 2.80. The molecule has 0 bridgehead atoms. The molecular weight excluding hydrogens is 358 g/mol. The number of carbonyl (C=O) groups excluding carboxylic acids is 1. The lowest BCUT2D eigenvalue weighted by Crippen LogP contribution is -2.07. The summed E-state index contributed by atoms with van der Waals surface area (Å²) in [6.45, 7) is 1.61. The standard InChI is InChI=1S/C22H17NOS2/c1-16(24)19-12-13-20(25-19)21-14-15-22(26-21)23(17-8-4-2-5-9-17)18-10-6-3-7-11-18/h2-15H,1H3. The molecular formula is C22H17NOS2. The van der Waals surface area contributed by atoms with E-state index >= 15 is 0 Å². The molecule has 0 amide bonds. The zero-order valence-electron chi connectivity index (χ0n) is 14.3. The Hall–Kier alpha value is -2.69. The molecule has 0 saturated heterocycles. The van der Waals surface area contributed by atoms with Crippen LogP contribution in [-0.4, -0.2) is 5.78 Å². The maximum atomic E-state index is 11.6. The van der Waals surface area contributed by atoms with Crippen molar-refractivity contribution in [3.8, 4) is 9.75 Å². The summed E-state index contributed by atoms with van der Waals surface area (Å²) in [7, 11) is 0. The van der Waals surface area contributed by atoms with Gasteiger partial charge in [-0.25, -0.2) is 0 Å². The fourth-order valence-corrected chi connectivity index (χ4v) is 4.84. The third-order valence-corrected chi connectivity index (χ3v) is 6.49. The van der Waals surface area contributed by atoms with Crippen LogP contribution in [0.15, 0.2) is 84.9 Å². The van der Waals surface area contributed by atoms with Crippen LogP contribution in [0, 0.1) is 0 Å². The molecule has 2 aromatic heterocycles. The molecule has 0 atom stereocenters. The lowest BCUT2D eigenvalue weighted by atomic mass is 10.2. The molecule has 0 fully saturated rings. The maximum absolute atomic E-state index is 11.6. The van der Waals surface area contributed by atoms with Gasteiger partial charge in [0.05, 0.1) is 4.88 Å². The Labute approximate surface area is 161 Å². The van der Waals surface area contributed by atoms with Crippen molar-refractivity contribution in [1.82, 2.24) is 0 Å². The van der Waals surface area contributed by atoms with Crippen LogP contribution in [-0.2, 0) is 0 Å². The molecule has 0 radical (unpaired) electrons. The van der Waals surface area contributed by atoms with Crippen molar-refractivity contribution in [2.75, 3.05) is 4.90 Å². The van der Waals surface area contributed by atoms with Gasteiger partial charge in [-0.3, -0.25) is 4.79 Å². The Morgan fingerprint density at radius 1 is 0.692 bits per heavy atom. The normalized spacial score (nSPS) is 10.7. The molecule has 0 aliphatic carbocycles. The third kappa shape index (κ3) is 3.34. The largest absolute Gasteiger partial charge is 0.302 e. The SMILES string of the molecule is CC(=O)c1ccc(-c2ccc(N(c3ccccc3)c3ccccc3)s2)s1. The lowest BCUT2D eigenvalue weighted by Gasteiger charge is -2.23. The molecule has 2 nitrogen and oxygen atoms in total. The van der Waals surface area contributed by atoms with Crippen molar-refractivity contribution >= 4 is 44.8 Å². The van der Waals surface area contributed by atoms with E-state index in [0.717, 1.165) is 26.1 Å². The molecule has 4 rings (SSSR count). The summed E-state index contributed by atoms with van der Waals surface area (Å²) in [5.74, 6) is 0.119. The predicted molar refractivity (Wildman–Crippen MR) is 112 cm³/mol. The molecule has 4 heteroatoms. The molecule has 0 aliphatic rings. The average molecular weight is 376 g/mol. The third-order valence-electron chi connectivity index (χ3n) is 4.04. The summed E-state index contributed by atoms with van der Waals surface area (Å²) in [4.78, 5) is 16.9. The van der Waals surface area contributed by atoms with Crippen molar-refractivity contribution in [2.45, 2.75) is 6.92 Å². The van der Waals surface area contributed by atoms with E-state index in [0.29, 0.717) is 0 Å². The smallest absolute Gasteiger partial charge is 0.169 e. The molecule has 0 unspecified atom stereocenters. The second-order valence-corrected chi connectivity index (χ2v) is 8.01. The van der Waals surface area contributed by atoms with E-state index < -0.39 is 0 Å². The molecule has 0 saturated carbocycles. The monoisotopic (exact) mass is 375 g/mol. The highest BCUT2D eigenvalue weighted by Gasteiger charge is 2.15. The van der Waals surface area contributed by atoms with Gasteiger partial charge in [0.25, 0.3) is 0 Å². The van der Waals surface area contributed by atoms with Crippen LogP contribution in [0.2, 0.25) is 0 Å². The Balaban J connectivity index is 1.75. The minimum Gasteiger partial charge on any atom is -0.302 e. The van der Waals surface area contributed by atoms with Gasteiger partial charge in [-0.1, -0.05) is 36.4 Å². The van der Waals surface area contributed by atoms with Crippen molar-refractivity contribution in [1.29, 1.82) is 0 Å². The first-order valence-electron chi connectivity index (χ1n) is 8.33. The van der Waals surface area contributed by atoms with Gasteiger partial charge in [-0.05, 0) is 55.5 Å². The summed E-state index contributed by atoms with van der Waals surface area (Å²) in [5.41, 5.74) is 2.26. The molecule has 4 aromatic rings. The predicted octanol–water partition coefficient (Wildman–Crippen LogP) is 7.15.